The van der Waals surface area contributed by atoms with E-state index >= 15 is 0 Å². The van der Waals surface area contributed by atoms with E-state index in [-0.39, 0.29) is 31.0 Å². The Morgan fingerprint density at radius 1 is 1.18 bits per heavy atom. The summed E-state index contributed by atoms with van der Waals surface area (Å²) in [7, 11) is 1.51. The highest BCUT2D eigenvalue weighted by Crippen LogP contribution is 2.19. The maximum absolute atomic E-state index is 12.0. The number of para-hydroxylation sites is 1. The summed E-state index contributed by atoms with van der Waals surface area (Å²) in [5.41, 5.74) is 1.87. The van der Waals surface area contributed by atoms with E-state index in [9.17, 15) is 14.4 Å². The molecule has 152 valence electrons. The highest BCUT2D eigenvalue weighted by atomic mass is 16.5. The van der Waals surface area contributed by atoms with Crippen molar-refractivity contribution in [1.82, 2.24) is 15.2 Å². The zero-order valence-corrected chi connectivity index (χ0v) is 17.0. The summed E-state index contributed by atoms with van der Waals surface area (Å²) in [6.45, 7) is 5.17. The number of aromatic nitrogens is 1. The Balaban J connectivity index is 1.68. The summed E-state index contributed by atoms with van der Waals surface area (Å²) < 4.78 is 5.04. The van der Waals surface area contributed by atoms with Gasteiger partial charge in [0.2, 0.25) is 5.91 Å². The molecule has 2 rings (SSSR count). The number of rotatable bonds is 8. The van der Waals surface area contributed by atoms with Crippen molar-refractivity contribution in [2.24, 2.45) is 0 Å². The van der Waals surface area contributed by atoms with Crippen molar-refractivity contribution in [3.8, 4) is 0 Å². The van der Waals surface area contributed by atoms with Gasteiger partial charge in [0.25, 0.3) is 5.91 Å². The summed E-state index contributed by atoms with van der Waals surface area (Å²) in [6, 6.07) is 8.01. The molecule has 1 aromatic carbocycles. The average Bonchev–Trinajstić information content (AvgIpc) is 3.01. The number of ether oxygens (including phenoxy) is 1. The van der Waals surface area contributed by atoms with Gasteiger partial charge in [-0.25, -0.2) is 0 Å². The van der Waals surface area contributed by atoms with E-state index in [4.69, 9.17) is 4.74 Å². The average molecular weight is 387 g/mol. The van der Waals surface area contributed by atoms with Crippen LogP contribution >= 0.6 is 0 Å². The molecular weight excluding hydrogens is 358 g/mol. The van der Waals surface area contributed by atoms with Gasteiger partial charge in [-0.2, -0.15) is 0 Å². The standard InChI is InChI=1S/C21H29N3O4/c1-21(2,3)23-18(25)13-24(4)19(26)14-28-20(27)11-7-8-15-12-22-17-10-6-5-9-16(15)17/h5-6,9-10,12,22H,7-8,11,13-14H2,1-4H3,(H,23,25). The van der Waals surface area contributed by atoms with Crippen LogP contribution in [0.25, 0.3) is 10.9 Å². The molecule has 0 saturated heterocycles. The number of carbonyl (C=O) groups is 3. The largest absolute Gasteiger partial charge is 0.456 e. The third kappa shape index (κ3) is 6.72. The fourth-order valence-electron chi connectivity index (χ4n) is 2.85. The van der Waals surface area contributed by atoms with Crippen molar-refractivity contribution < 1.29 is 19.1 Å². The molecule has 2 aromatic rings. The molecule has 0 radical (unpaired) electrons. The van der Waals surface area contributed by atoms with Crippen LogP contribution in [0.5, 0.6) is 0 Å². The zero-order valence-electron chi connectivity index (χ0n) is 17.0. The first-order valence-corrected chi connectivity index (χ1v) is 9.41. The van der Waals surface area contributed by atoms with Gasteiger partial charge in [0.1, 0.15) is 0 Å². The Morgan fingerprint density at radius 2 is 1.89 bits per heavy atom. The molecule has 0 unspecified atom stereocenters. The van der Waals surface area contributed by atoms with E-state index < -0.39 is 11.9 Å². The maximum atomic E-state index is 12.0. The van der Waals surface area contributed by atoms with Crippen molar-refractivity contribution in [1.29, 1.82) is 0 Å². The van der Waals surface area contributed by atoms with Gasteiger partial charge in [0.05, 0.1) is 6.54 Å². The lowest BCUT2D eigenvalue weighted by molar-refractivity contribution is -0.152. The molecule has 0 saturated carbocycles. The Kier molecular flexibility index (Phi) is 7.20. The number of fused-ring (bicyclic) bond motifs is 1. The monoisotopic (exact) mass is 387 g/mol. The normalized spacial score (nSPS) is 11.3. The van der Waals surface area contributed by atoms with Gasteiger partial charge in [0, 0.05) is 36.1 Å². The Labute approximate surface area is 165 Å². The summed E-state index contributed by atoms with van der Waals surface area (Å²) in [5, 5.41) is 3.93. The molecule has 0 aliphatic heterocycles. The fourth-order valence-corrected chi connectivity index (χ4v) is 2.85. The van der Waals surface area contributed by atoms with E-state index in [1.54, 1.807) is 0 Å². The zero-order chi connectivity index (χ0) is 20.7. The second-order valence-electron chi connectivity index (χ2n) is 7.92. The lowest BCUT2D eigenvalue weighted by atomic mass is 10.1. The number of likely N-dealkylation sites (N-methyl/N-ethyl adjacent to an activating group) is 1. The summed E-state index contributed by atoms with van der Waals surface area (Å²) in [6.07, 6.45) is 3.58. The van der Waals surface area contributed by atoms with Crippen LogP contribution in [0.3, 0.4) is 0 Å². The van der Waals surface area contributed by atoms with E-state index in [2.05, 4.69) is 10.3 Å². The van der Waals surface area contributed by atoms with E-state index in [0.29, 0.717) is 6.42 Å². The Bertz CT molecular complexity index is 836. The SMILES string of the molecule is CN(CC(=O)NC(C)(C)C)C(=O)COC(=O)CCCc1c[nH]c2ccccc12. The molecule has 0 aliphatic rings. The molecule has 0 spiro atoms. The van der Waals surface area contributed by atoms with Crippen LogP contribution in [-0.4, -0.2) is 53.4 Å². The number of aromatic amines is 1. The van der Waals surface area contributed by atoms with E-state index in [0.717, 1.165) is 22.9 Å². The molecule has 0 bridgehead atoms. The molecule has 0 fully saturated rings. The maximum Gasteiger partial charge on any atom is 0.306 e. The van der Waals surface area contributed by atoms with Crippen molar-refractivity contribution in [3.05, 3.63) is 36.0 Å². The quantitative estimate of drug-likeness (QED) is 0.681. The van der Waals surface area contributed by atoms with Gasteiger partial charge < -0.3 is 19.9 Å². The van der Waals surface area contributed by atoms with Gasteiger partial charge in [-0.05, 0) is 45.2 Å². The minimum absolute atomic E-state index is 0.0752. The number of benzene rings is 1. The molecule has 28 heavy (non-hydrogen) atoms. The predicted octanol–water partition coefficient (Wildman–Crippen LogP) is 2.41. The lowest BCUT2D eigenvalue weighted by Crippen LogP contribution is -2.46. The number of hydrogen-bond acceptors (Lipinski definition) is 4. The molecule has 2 amide bonds. The van der Waals surface area contributed by atoms with Gasteiger partial charge in [-0.1, -0.05) is 18.2 Å². The highest BCUT2D eigenvalue weighted by Gasteiger charge is 2.18. The topological polar surface area (TPSA) is 91.5 Å². The van der Waals surface area contributed by atoms with Crippen LogP contribution in [0, 0.1) is 0 Å². The molecule has 7 heteroatoms. The number of carbonyl (C=O) groups excluding carboxylic acids is 3. The molecule has 0 atom stereocenters. The third-order valence-corrected chi connectivity index (χ3v) is 4.18. The number of H-pyrrole nitrogens is 1. The van der Waals surface area contributed by atoms with Crippen LogP contribution in [0.2, 0.25) is 0 Å². The number of aryl methyl sites for hydroxylation is 1. The summed E-state index contributed by atoms with van der Waals surface area (Å²) >= 11 is 0. The highest BCUT2D eigenvalue weighted by molar-refractivity contribution is 5.86. The minimum atomic E-state index is -0.416. The van der Waals surface area contributed by atoms with Crippen molar-refractivity contribution in [2.45, 2.75) is 45.6 Å². The number of nitrogens with one attached hydrogen (secondary N) is 2. The Hall–Kier alpha value is -2.83. The smallest absolute Gasteiger partial charge is 0.306 e. The van der Waals surface area contributed by atoms with Gasteiger partial charge >= 0.3 is 5.97 Å². The van der Waals surface area contributed by atoms with E-state index in [1.807, 2.05) is 51.2 Å². The van der Waals surface area contributed by atoms with Crippen LogP contribution in [0.15, 0.2) is 30.5 Å². The molecule has 1 aromatic heterocycles. The van der Waals surface area contributed by atoms with Crippen molar-refractivity contribution in [3.63, 3.8) is 0 Å². The molecule has 2 N–H and O–H groups in total. The second-order valence-corrected chi connectivity index (χ2v) is 7.92. The molecule has 1 heterocycles. The molecule has 7 nitrogen and oxygen atoms in total. The Morgan fingerprint density at radius 3 is 2.61 bits per heavy atom. The van der Waals surface area contributed by atoms with Crippen LogP contribution in [0.1, 0.15) is 39.2 Å². The number of hydrogen-bond donors (Lipinski definition) is 2. The second kappa shape index (κ2) is 9.39. The summed E-state index contributed by atoms with van der Waals surface area (Å²) in [5.74, 6) is -1.08. The van der Waals surface area contributed by atoms with Gasteiger partial charge in [-0.3, -0.25) is 14.4 Å². The van der Waals surface area contributed by atoms with Gasteiger partial charge in [0.15, 0.2) is 6.61 Å². The predicted molar refractivity (Wildman–Crippen MR) is 108 cm³/mol. The van der Waals surface area contributed by atoms with Crippen LogP contribution in [0.4, 0.5) is 0 Å². The van der Waals surface area contributed by atoms with Crippen LogP contribution < -0.4 is 5.32 Å². The number of nitrogens with zero attached hydrogens (tertiary/aromatic N) is 1. The van der Waals surface area contributed by atoms with E-state index in [1.165, 1.54) is 11.9 Å². The third-order valence-electron chi connectivity index (χ3n) is 4.18. The first-order valence-electron chi connectivity index (χ1n) is 9.41. The first-order chi connectivity index (χ1) is 13.2. The minimum Gasteiger partial charge on any atom is -0.456 e. The van der Waals surface area contributed by atoms with Crippen LogP contribution in [-0.2, 0) is 25.5 Å². The fraction of sp³-hybridized carbons (Fsp3) is 0.476. The summed E-state index contributed by atoms with van der Waals surface area (Å²) in [4.78, 5) is 40.2. The molecule has 0 aliphatic carbocycles. The number of esters is 1. The lowest BCUT2D eigenvalue weighted by Gasteiger charge is -2.23. The number of amides is 2. The molecular formula is C21H29N3O4. The first kappa shape index (κ1) is 21.5. The van der Waals surface area contributed by atoms with Gasteiger partial charge in [-0.15, -0.1) is 0 Å². The van der Waals surface area contributed by atoms with Crippen molar-refractivity contribution in [2.75, 3.05) is 20.2 Å². The van der Waals surface area contributed by atoms with Crippen molar-refractivity contribution >= 4 is 28.7 Å².